The summed E-state index contributed by atoms with van der Waals surface area (Å²) in [4.78, 5) is 36.4. The Morgan fingerprint density at radius 3 is 2.52 bits per heavy atom. The topological polar surface area (TPSA) is 84.5 Å². The number of ether oxygens (including phenoxy) is 1. The van der Waals surface area contributed by atoms with E-state index in [1.54, 1.807) is 6.08 Å². The molecule has 130 valence electrons. The summed E-state index contributed by atoms with van der Waals surface area (Å²) in [7, 11) is 1.38. The van der Waals surface area contributed by atoms with Crippen molar-refractivity contribution in [2.45, 2.75) is 13.0 Å². The largest absolute Gasteiger partial charge is 0.449 e. The number of benzene rings is 1. The third-order valence-corrected chi connectivity index (χ3v) is 4.29. The van der Waals surface area contributed by atoms with E-state index in [9.17, 15) is 14.4 Å². The number of esters is 1. The van der Waals surface area contributed by atoms with Crippen LogP contribution in [0.1, 0.15) is 11.8 Å². The lowest BCUT2D eigenvalue weighted by molar-refractivity contribution is -0.149. The molecule has 0 saturated heterocycles. The van der Waals surface area contributed by atoms with Crippen molar-refractivity contribution in [3.63, 3.8) is 0 Å². The maximum absolute atomic E-state index is 11.8. The highest BCUT2D eigenvalue weighted by atomic mass is 32.1. The molecule has 1 aromatic heterocycles. The number of hydrogen-bond donors (Lipinski definition) is 2. The quantitative estimate of drug-likeness (QED) is 0.636. The molecular weight excluding hydrogens is 340 g/mol. The lowest BCUT2D eigenvalue weighted by atomic mass is 10.2. The van der Waals surface area contributed by atoms with Gasteiger partial charge in [-0.3, -0.25) is 10.1 Å². The first-order chi connectivity index (χ1) is 12.0. The lowest BCUT2D eigenvalue weighted by Crippen LogP contribution is -2.43. The molecule has 0 spiro atoms. The van der Waals surface area contributed by atoms with Crippen LogP contribution in [0, 0.1) is 0 Å². The fourth-order valence-corrected chi connectivity index (χ4v) is 2.81. The van der Waals surface area contributed by atoms with E-state index in [2.05, 4.69) is 5.32 Å². The summed E-state index contributed by atoms with van der Waals surface area (Å²) in [6.07, 6.45) is 1.81. The van der Waals surface area contributed by atoms with Crippen molar-refractivity contribution in [3.8, 4) is 10.4 Å². The van der Waals surface area contributed by atoms with Crippen LogP contribution in [0.4, 0.5) is 4.79 Å². The zero-order valence-electron chi connectivity index (χ0n) is 13.8. The number of urea groups is 1. The Kier molecular flexibility index (Phi) is 6.47. The van der Waals surface area contributed by atoms with E-state index in [4.69, 9.17) is 4.74 Å². The van der Waals surface area contributed by atoms with Crippen LogP contribution in [0.5, 0.6) is 0 Å². The third-order valence-electron chi connectivity index (χ3n) is 3.19. The molecule has 0 bridgehead atoms. The van der Waals surface area contributed by atoms with Gasteiger partial charge in [0.05, 0.1) is 0 Å². The zero-order chi connectivity index (χ0) is 18.2. The average molecular weight is 358 g/mol. The fourth-order valence-electron chi connectivity index (χ4n) is 1.89. The van der Waals surface area contributed by atoms with E-state index in [1.165, 1.54) is 31.4 Å². The minimum atomic E-state index is -1.07. The van der Waals surface area contributed by atoms with Gasteiger partial charge in [-0.25, -0.2) is 9.59 Å². The maximum atomic E-state index is 11.8. The molecule has 3 amide bonds. The van der Waals surface area contributed by atoms with E-state index in [0.29, 0.717) is 0 Å². The van der Waals surface area contributed by atoms with Crippen molar-refractivity contribution in [1.82, 2.24) is 10.6 Å². The van der Waals surface area contributed by atoms with Crippen LogP contribution in [-0.4, -0.2) is 31.1 Å². The van der Waals surface area contributed by atoms with E-state index in [-0.39, 0.29) is 0 Å². The third kappa shape index (κ3) is 5.58. The second kappa shape index (κ2) is 8.79. The highest BCUT2D eigenvalue weighted by Crippen LogP contribution is 2.28. The molecule has 1 aromatic carbocycles. The van der Waals surface area contributed by atoms with Crippen molar-refractivity contribution in [2.24, 2.45) is 0 Å². The Hall–Kier alpha value is -2.93. The van der Waals surface area contributed by atoms with Gasteiger partial charge >= 0.3 is 12.0 Å². The van der Waals surface area contributed by atoms with Crippen molar-refractivity contribution in [1.29, 1.82) is 0 Å². The molecule has 6 nitrogen and oxygen atoms in total. The number of carbonyl (C=O) groups is 3. The number of carbonyl (C=O) groups excluding carboxylic acids is 3. The summed E-state index contributed by atoms with van der Waals surface area (Å²) in [6.45, 7) is 1.39. The van der Waals surface area contributed by atoms with Gasteiger partial charge in [0.1, 0.15) is 0 Å². The van der Waals surface area contributed by atoms with Gasteiger partial charge in [0.25, 0.3) is 5.91 Å². The summed E-state index contributed by atoms with van der Waals surface area (Å²) >= 11 is 1.54. The maximum Gasteiger partial charge on any atom is 0.331 e. The Morgan fingerprint density at radius 1 is 1.12 bits per heavy atom. The number of rotatable bonds is 5. The van der Waals surface area contributed by atoms with Crippen LogP contribution in [0.3, 0.4) is 0 Å². The molecule has 0 radical (unpaired) electrons. The van der Waals surface area contributed by atoms with Gasteiger partial charge in [-0.2, -0.15) is 0 Å². The molecule has 0 unspecified atom stereocenters. The first-order valence-electron chi connectivity index (χ1n) is 7.56. The van der Waals surface area contributed by atoms with Crippen molar-refractivity contribution in [2.75, 3.05) is 7.05 Å². The van der Waals surface area contributed by atoms with Gasteiger partial charge in [0.2, 0.25) is 0 Å². The summed E-state index contributed by atoms with van der Waals surface area (Å²) in [5.41, 5.74) is 1.11. The molecular formula is C18H18N2O4S. The molecule has 2 aromatic rings. The monoisotopic (exact) mass is 358 g/mol. The van der Waals surface area contributed by atoms with Gasteiger partial charge in [-0.05, 0) is 30.7 Å². The first kappa shape index (κ1) is 18.4. The molecule has 1 atom stereocenters. The van der Waals surface area contributed by atoms with E-state index < -0.39 is 24.0 Å². The normalized spacial score (nSPS) is 11.8. The zero-order valence-corrected chi connectivity index (χ0v) is 14.6. The molecule has 0 aliphatic heterocycles. The van der Waals surface area contributed by atoms with E-state index >= 15 is 0 Å². The Bertz CT molecular complexity index is 783. The number of amides is 3. The number of hydrogen-bond acceptors (Lipinski definition) is 5. The molecule has 2 rings (SSSR count). The van der Waals surface area contributed by atoms with Gasteiger partial charge in [-0.15, -0.1) is 11.3 Å². The minimum Gasteiger partial charge on any atom is -0.449 e. The Morgan fingerprint density at radius 2 is 1.84 bits per heavy atom. The summed E-state index contributed by atoms with van der Waals surface area (Å²) in [5.74, 6) is -1.35. The molecule has 1 heterocycles. The van der Waals surface area contributed by atoms with Crippen LogP contribution >= 0.6 is 11.3 Å². The standard InChI is InChI=1S/C18H18N2O4S/c1-12(17(22)20-18(23)19-2)24-16(21)11-9-14-8-10-15(25-14)13-6-4-3-5-7-13/h3-12H,1-2H3,(H2,19,20,22,23)/b11-9+/t12-/m1/s1. The van der Waals surface area contributed by atoms with Crippen molar-refractivity contribution in [3.05, 3.63) is 53.4 Å². The van der Waals surface area contributed by atoms with Crippen LogP contribution in [-0.2, 0) is 14.3 Å². The predicted octanol–water partition coefficient (Wildman–Crippen LogP) is 2.82. The second-order valence-electron chi connectivity index (χ2n) is 5.05. The fraction of sp³-hybridized carbons (Fsp3) is 0.167. The van der Waals surface area contributed by atoms with Crippen LogP contribution < -0.4 is 10.6 Å². The SMILES string of the molecule is CNC(=O)NC(=O)[C@@H](C)OC(=O)/C=C/c1ccc(-c2ccccc2)s1. The van der Waals surface area contributed by atoms with E-state index in [1.807, 2.05) is 47.8 Å². The Labute approximate surface area is 149 Å². The number of imide groups is 1. The van der Waals surface area contributed by atoms with Gasteiger partial charge < -0.3 is 10.1 Å². The van der Waals surface area contributed by atoms with Gasteiger partial charge in [0, 0.05) is 22.9 Å². The highest BCUT2D eigenvalue weighted by molar-refractivity contribution is 7.16. The molecule has 0 fully saturated rings. The van der Waals surface area contributed by atoms with Crippen LogP contribution in [0.25, 0.3) is 16.5 Å². The number of nitrogens with one attached hydrogen (secondary N) is 2. The minimum absolute atomic E-state index is 0.657. The van der Waals surface area contributed by atoms with Crippen molar-refractivity contribution >= 4 is 35.3 Å². The molecule has 0 aliphatic carbocycles. The van der Waals surface area contributed by atoms with Crippen LogP contribution in [0.15, 0.2) is 48.5 Å². The van der Waals surface area contributed by atoms with Crippen LogP contribution in [0.2, 0.25) is 0 Å². The Balaban J connectivity index is 1.91. The molecule has 25 heavy (non-hydrogen) atoms. The average Bonchev–Trinajstić information content (AvgIpc) is 3.09. The smallest absolute Gasteiger partial charge is 0.331 e. The molecule has 0 saturated carbocycles. The second-order valence-corrected chi connectivity index (χ2v) is 6.16. The molecule has 2 N–H and O–H groups in total. The summed E-state index contributed by atoms with van der Waals surface area (Å²) in [5, 5.41) is 4.28. The summed E-state index contributed by atoms with van der Waals surface area (Å²) < 4.78 is 4.96. The molecule has 0 aliphatic rings. The van der Waals surface area contributed by atoms with Gasteiger partial charge in [0.15, 0.2) is 6.10 Å². The number of thiophene rings is 1. The lowest BCUT2D eigenvalue weighted by Gasteiger charge is -2.10. The first-order valence-corrected chi connectivity index (χ1v) is 8.38. The van der Waals surface area contributed by atoms with Crippen molar-refractivity contribution < 1.29 is 19.1 Å². The summed E-state index contributed by atoms with van der Waals surface area (Å²) in [6, 6.07) is 13.1. The van der Waals surface area contributed by atoms with E-state index in [0.717, 1.165) is 15.3 Å². The highest BCUT2D eigenvalue weighted by Gasteiger charge is 2.18. The molecule has 7 heteroatoms. The predicted molar refractivity (Wildman–Crippen MR) is 96.9 cm³/mol. The van der Waals surface area contributed by atoms with Gasteiger partial charge in [-0.1, -0.05) is 30.3 Å².